The molecule has 5 heteroatoms. The standard InChI is InChI=1S/C12H16ClNO2S/c1-16-8-4-7-14-12(15)9-17-11-6-3-2-5-10(11)13/h2-3,5-6H,4,7-9H2,1H3,(H,14,15). The molecule has 0 fully saturated rings. The molecule has 1 aromatic rings. The number of hydrogen-bond donors (Lipinski definition) is 1. The molecule has 1 aromatic carbocycles. The van der Waals surface area contributed by atoms with Gasteiger partial charge in [0.05, 0.1) is 10.8 Å². The average molecular weight is 274 g/mol. The smallest absolute Gasteiger partial charge is 0.230 e. The largest absolute Gasteiger partial charge is 0.385 e. The zero-order chi connectivity index (χ0) is 12.5. The van der Waals surface area contributed by atoms with Crippen LogP contribution in [0, 0.1) is 0 Å². The van der Waals surface area contributed by atoms with Crippen molar-refractivity contribution in [3.8, 4) is 0 Å². The van der Waals surface area contributed by atoms with E-state index in [1.807, 2.05) is 24.3 Å². The van der Waals surface area contributed by atoms with Crippen LogP contribution < -0.4 is 5.32 Å². The van der Waals surface area contributed by atoms with Crippen molar-refractivity contribution < 1.29 is 9.53 Å². The molecule has 0 aliphatic carbocycles. The number of carbonyl (C=O) groups excluding carboxylic acids is 1. The Morgan fingerprint density at radius 1 is 1.47 bits per heavy atom. The highest BCUT2D eigenvalue weighted by molar-refractivity contribution is 8.00. The molecule has 1 N–H and O–H groups in total. The predicted octanol–water partition coefficient (Wildman–Crippen LogP) is 2.58. The number of hydrogen-bond acceptors (Lipinski definition) is 3. The SMILES string of the molecule is COCCCNC(=O)CSc1ccccc1Cl. The second-order valence-electron chi connectivity index (χ2n) is 3.42. The fourth-order valence-corrected chi connectivity index (χ4v) is 2.27. The van der Waals surface area contributed by atoms with Crippen LogP contribution >= 0.6 is 23.4 Å². The monoisotopic (exact) mass is 273 g/mol. The first-order chi connectivity index (χ1) is 8.24. The van der Waals surface area contributed by atoms with Crippen LogP contribution in [-0.4, -0.2) is 31.9 Å². The Balaban J connectivity index is 2.22. The summed E-state index contributed by atoms with van der Waals surface area (Å²) in [6.07, 6.45) is 0.832. The Labute approximate surface area is 111 Å². The van der Waals surface area contributed by atoms with Gasteiger partial charge in [0.15, 0.2) is 0 Å². The number of ether oxygens (including phenoxy) is 1. The zero-order valence-corrected chi connectivity index (χ0v) is 11.3. The van der Waals surface area contributed by atoms with Crippen LogP contribution in [0.5, 0.6) is 0 Å². The van der Waals surface area contributed by atoms with E-state index in [-0.39, 0.29) is 5.91 Å². The van der Waals surface area contributed by atoms with Gasteiger partial charge in [-0.3, -0.25) is 4.79 Å². The molecule has 0 aromatic heterocycles. The molecular formula is C12H16ClNO2S. The fourth-order valence-electron chi connectivity index (χ4n) is 1.20. The number of carbonyl (C=O) groups is 1. The number of halogens is 1. The van der Waals surface area contributed by atoms with Crippen LogP contribution in [0.1, 0.15) is 6.42 Å². The third kappa shape index (κ3) is 5.96. The van der Waals surface area contributed by atoms with E-state index in [2.05, 4.69) is 5.32 Å². The molecule has 0 unspecified atom stereocenters. The lowest BCUT2D eigenvalue weighted by atomic mass is 10.4. The second kappa shape index (κ2) is 8.39. The zero-order valence-electron chi connectivity index (χ0n) is 9.74. The maximum absolute atomic E-state index is 11.5. The van der Waals surface area contributed by atoms with E-state index >= 15 is 0 Å². The predicted molar refractivity (Wildman–Crippen MR) is 71.7 cm³/mol. The lowest BCUT2D eigenvalue weighted by Crippen LogP contribution is -2.26. The van der Waals surface area contributed by atoms with Gasteiger partial charge in [-0.15, -0.1) is 11.8 Å². The van der Waals surface area contributed by atoms with Crippen molar-refractivity contribution in [3.05, 3.63) is 29.3 Å². The van der Waals surface area contributed by atoms with Gasteiger partial charge in [0.25, 0.3) is 0 Å². The Bertz CT molecular complexity index is 360. The Morgan fingerprint density at radius 3 is 2.94 bits per heavy atom. The van der Waals surface area contributed by atoms with Crippen LogP contribution in [0.2, 0.25) is 5.02 Å². The van der Waals surface area contributed by atoms with Gasteiger partial charge in [0.2, 0.25) is 5.91 Å². The van der Waals surface area contributed by atoms with Crippen molar-refractivity contribution in [3.63, 3.8) is 0 Å². The minimum Gasteiger partial charge on any atom is -0.385 e. The van der Waals surface area contributed by atoms with Crippen LogP contribution in [-0.2, 0) is 9.53 Å². The van der Waals surface area contributed by atoms with E-state index < -0.39 is 0 Å². The van der Waals surface area contributed by atoms with E-state index in [0.29, 0.717) is 23.9 Å². The van der Waals surface area contributed by atoms with Gasteiger partial charge in [-0.25, -0.2) is 0 Å². The summed E-state index contributed by atoms with van der Waals surface area (Å²) in [7, 11) is 1.65. The normalized spacial score (nSPS) is 10.2. The molecule has 94 valence electrons. The highest BCUT2D eigenvalue weighted by atomic mass is 35.5. The molecule has 3 nitrogen and oxygen atoms in total. The molecule has 0 saturated carbocycles. The first-order valence-electron chi connectivity index (χ1n) is 5.37. The maximum Gasteiger partial charge on any atom is 0.230 e. The number of benzene rings is 1. The van der Waals surface area contributed by atoms with E-state index in [1.54, 1.807) is 7.11 Å². The summed E-state index contributed by atoms with van der Waals surface area (Å²) < 4.78 is 4.89. The number of nitrogens with one attached hydrogen (secondary N) is 1. The summed E-state index contributed by atoms with van der Waals surface area (Å²) in [5.74, 6) is 0.405. The van der Waals surface area contributed by atoms with Crippen LogP contribution in [0.4, 0.5) is 0 Å². The highest BCUT2D eigenvalue weighted by Crippen LogP contribution is 2.26. The van der Waals surface area contributed by atoms with Crippen molar-refractivity contribution >= 4 is 29.3 Å². The van der Waals surface area contributed by atoms with Crippen molar-refractivity contribution in [1.82, 2.24) is 5.32 Å². The lowest BCUT2D eigenvalue weighted by molar-refractivity contribution is -0.118. The molecule has 0 spiro atoms. The van der Waals surface area contributed by atoms with Crippen molar-refractivity contribution in [1.29, 1.82) is 0 Å². The topological polar surface area (TPSA) is 38.3 Å². The van der Waals surface area contributed by atoms with E-state index in [4.69, 9.17) is 16.3 Å². The third-order valence-corrected chi connectivity index (χ3v) is 3.56. The molecule has 0 heterocycles. The van der Waals surface area contributed by atoms with Crippen LogP contribution in [0.25, 0.3) is 0 Å². The first kappa shape index (κ1) is 14.4. The molecule has 0 atom stereocenters. The number of amides is 1. The number of rotatable bonds is 7. The summed E-state index contributed by atoms with van der Waals surface area (Å²) >= 11 is 7.43. The molecule has 1 amide bonds. The average Bonchev–Trinajstić information content (AvgIpc) is 2.34. The Morgan fingerprint density at radius 2 is 2.24 bits per heavy atom. The van der Waals surface area contributed by atoms with Gasteiger partial charge < -0.3 is 10.1 Å². The Hall–Kier alpha value is -0.710. The lowest BCUT2D eigenvalue weighted by Gasteiger charge is -2.05. The number of methoxy groups -OCH3 is 1. The Kier molecular flexibility index (Phi) is 7.08. The third-order valence-electron chi connectivity index (χ3n) is 2.04. The molecule has 0 radical (unpaired) electrons. The molecule has 1 rings (SSSR count). The molecule has 0 saturated heterocycles. The summed E-state index contributed by atoms with van der Waals surface area (Å²) in [4.78, 5) is 12.4. The fraction of sp³-hybridized carbons (Fsp3) is 0.417. The van der Waals surface area contributed by atoms with E-state index in [9.17, 15) is 4.79 Å². The molecule has 0 aliphatic heterocycles. The summed E-state index contributed by atoms with van der Waals surface area (Å²) in [5.41, 5.74) is 0. The summed E-state index contributed by atoms with van der Waals surface area (Å²) in [6.45, 7) is 1.31. The quantitative estimate of drug-likeness (QED) is 0.613. The number of thioether (sulfide) groups is 1. The molecule has 0 bridgehead atoms. The summed E-state index contributed by atoms with van der Waals surface area (Å²) in [5, 5.41) is 3.51. The van der Waals surface area contributed by atoms with Gasteiger partial charge >= 0.3 is 0 Å². The van der Waals surface area contributed by atoms with Gasteiger partial charge in [-0.05, 0) is 18.6 Å². The first-order valence-corrected chi connectivity index (χ1v) is 6.73. The van der Waals surface area contributed by atoms with Crippen LogP contribution in [0.3, 0.4) is 0 Å². The van der Waals surface area contributed by atoms with E-state index in [0.717, 1.165) is 11.3 Å². The van der Waals surface area contributed by atoms with Crippen molar-refractivity contribution in [2.45, 2.75) is 11.3 Å². The van der Waals surface area contributed by atoms with Gasteiger partial charge in [-0.2, -0.15) is 0 Å². The second-order valence-corrected chi connectivity index (χ2v) is 4.84. The summed E-state index contributed by atoms with van der Waals surface area (Å²) in [6, 6.07) is 7.51. The molecule has 0 aliphatic rings. The minimum atomic E-state index is 0.0195. The van der Waals surface area contributed by atoms with Crippen LogP contribution in [0.15, 0.2) is 29.2 Å². The molecular weight excluding hydrogens is 258 g/mol. The van der Waals surface area contributed by atoms with Gasteiger partial charge in [-0.1, -0.05) is 23.7 Å². The van der Waals surface area contributed by atoms with Crippen molar-refractivity contribution in [2.75, 3.05) is 26.0 Å². The maximum atomic E-state index is 11.5. The minimum absolute atomic E-state index is 0.0195. The van der Waals surface area contributed by atoms with Gasteiger partial charge in [0.1, 0.15) is 0 Å². The molecule has 17 heavy (non-hydrogen) atoms. The highest BCUT2D eigenvalue weighted by Gasteiger charge is 2.04. The van der Waals surface area contributed by atoms with Crippen molar-refractivity contribution in [2.24, 2.45) is 0 Å². The van der Waals surface area contributed by atoms with E-state index in [1.165, 1.54) is 11.8 Å². The van der Waals surface area contributed by atoms with Gasteiger partial charge in [0, 0.05) is 25.2 Å².